The van der Waals surface area contributed by atoms with Gasteiger partial charge in [0.15, 0.2) is 0 Å². The minimum atomic E-state index is -1.41. The van der Waals surface area contributed by atoms with E-state index in [1.807, 2.05) is 0 Å². The summed E-state index contributed by atoms with van der Waals surface area (Å²) in [4.78, 5) is 0. The average molecular weight is 292 g/mol. The van der Waals surface area contributed by atoms with Crippen molar-refractivity contribution in [3.8, 4) is 0 Å². The number of halogens is 1. The van der Waals surface area contributed by atoms with Crippen LogP contribution in [-0.4, -0.2) is 0 Å². The summed E-state index contributed by atoms with van der Waals surface area (Å²) in [5, 5.41) is 0. The molecule has 0 unspecified atom stereocenters. The molecule has 0 nitrogen and oxygen atoms in total. The van der Waals surface area contributed by atoms with E-state index in [0.29, 0.717) is 0 Å². The molecule has 2 heteroatoms. The molecule has 0 atom stereocenters. The van der Waals surface area contributed by atoms with Crippen LogP contribution in [-0.2, 0) is 17.9 Å². The molecule has 0 heterocycles. The summed E-state index contributed by atoms with van der Waals surface area (Å²) in [5.74, 6) is 0. The van der Waals surface area contributed by atoms with Crippen LogP contribution in [0.5, 0.6) is 0 Å². The molecule has 1 aromatic rings. The zero-order valence-corrected chi connectivity index (χ0v) is 12.6. The smallest absolute Gasteiger partial charge is 0.147 e. The van der Waals surface area contributed by atoms with Crippen molar-refractivity contribution in [2.45, 2.75) is 12.8 Å². The van der Waals surface area contributed by atoms with E-state index < -0.39 is 17.9 Å². The molecule has 0 aromatic heterocycles. The quantitative estimate of drug-likeness (QED) is 0.737. The van der Waals surface area contributed by atoms with E-state index in [1.165, 1.54) is 12.8 Å². The maximum atomic E-state index is 2.35. The maximum Gasteiger partial charge on any atom is -0.147 e. The molecular formula is C16H16ClTi. The van der Waals surface area contributed by atoms with Gasteiger partial charge in [0.2, 0.25) is 0 Å². The molecular weight excluding hydrogens is 275 g/mol. The van der Waals surface area contributed by atoms with Gasteiger partial charge in [-0.3, -0.25) is 0 Å². The second kappa shape index (κ2) is 6.38. The Labute approximate surface area is 121 Å². The first-order valence-electron chi connectivity index (χ1n) is 6.09. The van der Waals surface area contributed by atoms with Crippen molar-refractivity contribution in [3.63, 3.8) is 0 Å². The Morgan fingerprint density at radius 3 is 1.78 bits per heavy atom. The van der Waals surface area contributed by atoms with Crippen LogP contribution in [0.2, 0.25) is 0 Å². The fourth-order valence-electron chi connectivity index (χ4n) is 2.45. The van der Waals surface area contributed by atoms with Crippen molar-refractivity contribution in [1.82, 2.24) is 0 Å². The molecule has 0 fully saturated rings. The van der Waals surface area contributed by atoms with Gasteiger partial charge in [-0.1, -0.05) is 0 Å². The zero-order valence-electron chi connectivity index (χ0n) is 10.2. The minimum Gasteiger partial charge on any atom is -0.147 e. The van der Waals surface area contributed by atoms with Gasteiger partial charge >= 0.3 is 109 Å². The third kappa shape index (κ3) is 2.77. The van der Waals surface area contributed by atoms with Gasteiger partial charge in [-0.25, -0.2) is 0 Å². The topological polar surface area (TPSA) is 0 Å². The van der Waals surface area contributed by atoms with Crippen LogP contribution < -0.4 is 3.87 Å². The SMILES string of the molecule is C1=CC[C]([Ti]([C]2=CC=CC2)[c]2ccccc2)=C1.Cl. The monoisotopic (exact) mass is 291 g/mol. The Bertz CT molecular complexity index is 493. The Hall–Kier alpha value is -0.816. The van der Waals surface area contributed by atoms with Gasteiger partial charge in [0.05, 0.1) is 0 Å². The molecule has 0 N–H and O–H groups in total. The van der Waals surface area contributed by atoms with Crippen LogP contribution >= 0.6 is 12.4 Å². The van der Waals surface area contributed by atoms with Crippen molar-refractivity contribution >= 4 is 16.3 Å². The van der Waals surface area contributed by atoms with Gasteiger partial charge in [0.1, 0.15) is 0 Å². The first-order chi connectivity index (χ1) is 8.45. The van der Waals surface area contributed by atoms with Crippen LogP contribution in [0.3, 0.4) is 0 Å². The summed E-state index contributed by atoms with van der Waals surface area (Å²) in [6, 6.07) is 11.1. The first-order valence-corrected chi connectivity index (χ1v) is 8.44. The number of benzene rings is 1. The molecule has 91 valence electrons. The molecule has 0 spiro atoms. The summed E-state index contributed by atoms with van der Waals surface area (Å²) < 4.78 is 4.95. The van der Waals surface area contributed by atoms with Crippen LogP contribution in [0.15, 0.2) is 74.5 Å². The molecule has 2 aliphatic rings. The van der Waals surface area contributed by atoms with E-state index in [2.05, 4.69) is 66.8 Å². The Balaban J connectivity index is 0.00000120. The summed E-state index contributed by atoms with van der Waals surface area (Å²) in [5.41, 5.74) is 0. The Kier molecular flexibility index (Phi) is 4.82. The second-order valence-corrected chi connectivity index (χ2v) is 8.47. The van der Waals surface area contributed by atoms with Crippen molar-refractivity contribution < 1.29 is 17.9 Å². The van der Waals surface area contributed by atoms with Gasteiger partial charge in [-0.15, -0.1) is 12.4 Å². The molecule has 0 saturated heterocycles. The number of rotatable bonds is 3. The van der Waals surface area contributed by atoms with Gasteiger partial charge in [0.25, 0.3) is 0 Å². The molecule has 0 radical (unpaired) electrons. The van der Waals surface area contributed by atoms with Crippen LogP contribution in [0.1, 0.15) is 12.8 Å². The Morgan fingerprint density at radius 2 is 1.33 bits per heavy atom. The first kappa shape index (κ1) is 13.6. The van der Waals surface area contributed by atoms with Crippen molar-refractivity contribution in [3.05, 3.63) is 74.5 Å². The van der Waals surface area contributed by atoms with Gasteiger partial charge in [-0.05, 0) is 0 Å². The van der Waals surface area contributed by atoms with Crippen LogP contribution in [0.4, 0.5) is 0 Å². The Morgan fingerprint density at radius 1 is 0.778 bits per heavy atom. The van der Waals surface area contributed by atoms with Gasteiger partial charge in [0, 0.05) is 0 Å². The van der Waals surface area contributed by atoms with Gasteiger partial charge < -0.3 is 0 Å². The minimum absolute atomic E-state index is 0. The van der Waals surface area contributed by atoms with E-state index in [9.17, 15) is 0 Å². The molecule has 0 amide bonds. The molecule has 0 bridgehead atoms. The van der Waals surface area contributed by atoms with Crippen molar-refractivity contribution in [1.29, 1.82) is 0 Å². The van der Waals surface area contributed by atoms with E-state index in [0.717, 1.165) is 0 Å². The van der Waals surface area contributed by atoms with E-state index >= 15 is 0 Å². The number of allylic oxidation sites excluding steroid dienone is 8. The molecule has 18 heavy (non-hydrogen) atoms. The summed E-state index contributed by atoms with van der Waals surface area (Å²) in [7, 11) is 0. The number of hydrogen-bond acceptors (Lipinski definition) is 0. The summed E-state index contributed by atoms with van der Waals surface area (Å²) in [6.45, 7) is 0. The third-order valence-electron chi connectivity index (χ3n) is 3.25. The molecule has 0 saturated carbocycles. The predicted molar refractivity (Wildman–Crippen MR) is 77.0 cm³/mol. The number of hydrogen-bond donors (Lipinski definition) is 0. The van der Waals surface area contributed by atoms with Crippen LogP contribution in [0.25, 0.3) is 0 Å². The molecule has 0 aliphatic heterocycles. The predicted octanol–water partition coefficient (Wildman–Crippen LogP) is 4.04. The van der Waals surface area contributed by atoms with Crippen molar-refractivity contribution in [2.75, 3.05) is 0 Å². The summed E-state index contributed by atoms with van der Waals surface area (Å²) >= 11 is -1.41. The molecule has 3 rings (SSSR count). The van der Waals surface area contributed by atoms with Crippen molar-refractivity contribution in [2.24, 2.45) is 0 Å². The van der Waals surface area contributed by atoms with Gasteiger partial charge in [-0.2, -0.15) is 0 Å². The normalized spacial score (nSPS) is 16.2. The van der Waals surface area contributed by atoms with Crippen LogP contribution in [0, 0.1) is 0 Å². The molecule has 2 aliphatic carbocycles. The van der Waals surface area contributed by atoms with E-state index in [4.69, 9.17) is 0 Å². The third-order valence-corrected chi connectivity index (χ3v) is 7.83. The standard InChI is InChI=1S/C6H5.2C5H5.ClH.Ti/c1-2-4-6-5-3-1;2*1-2-4-5-3-1;;/h1-5H;2*1-3H,4H2;1H;. The van der Waals surface area contributed by atoms with E-state index in [1.54, 1.807) is 11.6 Å². The largest absolute Gasteiger partial charge is 0.147 e. The maximum absolute atomic E-state index is 2.35. The fraction of sp³-hybridized carbons (Fsp3) is 0.125. The molecule has 1 aromatic carbocycles. The summed E-state index contributed by atoms with van der Waals surface area (Å²) in [6.07, 6.45) is 16.0. The van der Waals surface area contributed by atoms with E-state index in [-0.39, 0.29) is 12.4 Å². The zero-order chi connectivity index (χ0) is 11.5. The average Bonchev–Trinajstić information content (AvgIpc) is 3.04. The fourth-order valence-corrected chi connectivity index (χ4v) is 6.90. The second-order valence-electron chi connectivity index (χ2n) is 4.39.